The third-order valence-corrected chi connectivity index (χ3v) is 4.61. The van der Waals surface area contributed by atoms with Crippen molar-refractivity contribution in [3.05, 3.63) is 42.2 Å². The van der Waals surface area contributed by atoms with Crippen molar-refractivity contribution < 1.29 is 9.47 Å². The zero-order valence-electron chi connectivity index (χ0n) is 14.6. The molecule has 7 nitrogen and oxygen atoms in total. The fraction of sp³-hybridized carbons (Fsp3) is 0.444. The van der Waals surface area contributed by atoms with Crippen LogP contribution in [-0.4, -0.2) is 60.9 Å². The minimum atomic E-state index is 0. The lowest BCUT2D eigenvalue weighted by molar-refractivity contribution is 0.173. The minimum Gasteiger partial charge on any atom is -0.454 e. The second-order valence-corrected chi connectivity index (χ2v) is 6.21. The number of rotatable bonds is 6. The number of nitrogens with one attached hydrogen (secondary N) is 1. The molecule has 8 heteroatoms. The summed E-state index contributed by atoms with van der Waals surface area (Å²) >= 11 is 0. The SMILES string of the molecule is Cl.c1cnc(N2CCN(CCNCc3cccc4c3OCO4)CC2)nc1. The van der Waals surface area contributed by atoms with Crippen LogP contribution in [0, 0.1) is 0 Å². The number of hydrogen-bond acceptors (Lipinski definition) is 7. The fourth-order valence-corrected chi connectivity index (χ4v) is 3.22. The van der Waals surface area contributed by atoms with Crippen molar-refractivity contribution in [1.82, 2.24) is 20.2 Å². The minimum absolute atomic E-state index is 0. The summed E-state index contributed by atoms with van der Waals surface area (Å²) in [5, 5.41) is 3.51. The molecule has 0 atom stereocenters. The number of hydrogen-bond donors (Lipinski definition) is 1. The summed E-state index contributed by atoms with van der Waals surface area (Å²) in [6.07, 6.45) is 3.60. The molecule has 0 unspecified atom stereocenters. The van der Waals surface area contributed by atoms with Crippen molar-refractivity contribution >= 4 is 18.4 Å². The molecule has 140 valence electrons. The first-order valence-corrected chi connectivity index (χ1v) is 8.73. The number of aromatic nitrogens is 2. The third kappa shape index (κ3) is 4.35. The van der Waals surface area contributed by atoms with Crippen LogP contribution in [0.4, 0.5) is 5.95 Å². The van der Waals surface area contributed by atoms with Gasteiger partial charge in [0.15, 0.2) is 11.5 Å². The van der Waals surface area contributed by atoms with E-state index in [0.717, 1.165) is 68.8 Å². The third-order valence-electron chi connectivity index (χ3n) is 4.61. The number of para-hydroxylation sites is 1. The molecule has 0 bridgehead atoms. The molecule has 1 aromatic heterocycles. The summed E-state index contributed by atoms with van der Waals surface area (Å²) in [6, 6.07) is 7.89. The van der Waals surface area contributed by atoms with E-state index in [1.165, 1.54) is 0 Å². The number of nitrogens with zero attached hydrogens (tertiary/aromatic N) is 4. The van der Waals surface area contributed by atoms with Gasteiger partial charge in [-0.25, -0.2) is 9.97 Å². The molecule has 0 amide bonds. The zero-order chi connectivity index (χ0) is 16.9. The van der Waals surface area contributed by atoms with Crippen LogP contribution in [0.15, 0.2) is 36.7 Å². The molecule has 1 N–H and O–H groups in total. The van der Waals surface area contributed by atoms with E-state index in [4.69, 9.17) is 9.47 Å². The Morgan fingerprint density at radius 3 is 2.62 bits per heavy atom. The molecule has 0 radical (unpaired) electrons. The van der Waals surface area contributed by atoms with Crippen molar-refractivity contribution in [3.63, 3.8) is 0 Å². The molecular formula is C18H24ClN5O2. The first kappa shape index (κ1) is 18.7. The number of fused-ring (bicyclic) bond motifs is 1. The number of piperazine rings is 1. The summed E-state index contributed by atoms with van der Waals surface area (Å²) in [7, 11) is 0. The Labute approximate surface area is 159 Å². The van der Waals surface area contributed by atoms with Crippen LogP contribution in [0.3, 0.4) is 0 Å². The molecule has 26 heavy (non-hydrogen) atoms. The first-order chi connectivity index (χ1) is 12.4. The molecule has 1 saturated heterocycles. The first-order valence-electron chi connectivity index (χ1n) is 8.73. The van der Waals surface area contributed by atoms with Crippen LogP contribution < -0.4 is 19.7 Å². The predicted molar refractivity (Wildman–Crippen MR) is 102 cm³/mol. The average Bonchev–Trinajstić information content (AvgIpc) is 3.16. The van der Waals surface area contributed by atoms with Gasteiger partial charge in [-0.2, -0.15) is 0 Å². The predicted octanol–water partition coefficient (Wildman–Crippen LogP) is 1.54. The molecule has 4 rings (SSSR count). The molecule has 0 aliphatic carbocycles. The Hall–Kier alpha value is -2.09. The fourth-order valence-electron chi connectivity index (χ4n) is 3.22. The van der Waals surface area contributed by atoms with Gasteiger partial charge in [0, 0.05) is 63.8 Å². The smallest absolute Gasteiger partial charge is 0.231 e. The maximum absolute atomic E-state index is 5.54. The van der Waals surface area contributed by atoms with E-state index in [1.54, 1.807) is 12.4 Å². The van der Waals surface area contributed by atoms with Crippen molar-refractivity contribution in [1.29, 1.82) is 0 Å². The zero-order valence-corrected chi connectivity index (χ0v) is 15.5. The molecule has 1 aromatic carbocycles. The van der Waals surface area contributed by atoms with E-state index >= 15 is 0 Å². The lowest BCUT2D eigenvalue weighted by atomic mass is 10.2. The summed E-state index contributed by atoms with van der Waals surface area (Å²) in [4.78, 5) is 13.4. The average molecular weight is 378 g/mol. The Morgan fingerprint density at radius 1 is 1.00 bits per heavy atom. The van der Waals surface area contributed by atoms with Crippen molar-refractivity contribution in [2.75, 3.05) is 51.0 Å². The summed E-state index contributed by atoms with van der Waals surface area (Å²) < 4.78 is 11.0. The van der Waals surface area contributed by atoms with Gasteiger partial charge < -0.3 is 19.7 Å². The monoisotopic (exact) mass is 377 g/mol. The highest BCUT2D eigenvalue weighted by atomic mass is 35.5. The van der Waals surface area contributed by atoms with Crippen LogP contribution in [-0.2, 0) is 6.54 Å². The molecule has 2 aliphatic heterocycles. The Morgan fingerprint density at radius 2 is 1.81 bits per heavy atom. The topological polar surface area (TPSA) is 62.8 Å². The van der Waals surface area contributed by atoms with E-state index in [9.17, 15) is 0 Å². The van der Waals surface area contributed by atoms with Crippen LogP contribution in [0.2, 0.25) is 0 Å². The van der Waals surface area contributed by atoms with Gasteiger partial charge in [0.25, 0.3) is 0 Å². The molecule has 2 aromatic rings. The Balaban J connectivity index is 0.00000196. The van der Waals surface area contributed by atoms with Crippen molar-refractivity contribution in [2.24, 2.45) is 0 Å². The molecule has 1 fully saturated rings. The number of ether oxygens (including phenoxy) is 2. The summed E-state index contributed by atoms with van der Waals surface area (Å²) in [5.74, 6) is 2.56. The van der Waals surface area contributed by atoms with Crippen LogP contribution in [0.25, 0.3) is 0 Å². The van der Waals surface area contributed by atoms with Gasteiger partial charge in [-0.05, 0) is 12.1 Å². The highest BCUT2D eigenvalue weighted by Crippen LogP contribution is 2.35. The van der Waals surface area contributed by atoms with Gasteiger partial charge in [0.1, 0.15) is 0 Å². The van der Waals surface area contributed by atoms with Gasteiger partial charge in [0.05, 0.1) is 0 Å². The lowest BCUT2D eigenvalue weighted by Crippen LogP contribution is -2.48. The van der Waals surface area contributed by atoms with Gasteiger partial charge in [-0.1, -0.05) is 12.1 Å². The highest BCUT2D eigenvalue weighted by molar-refractivity contribution is 5.85. The van der Waals surface area contributed by atoms with Crippen LogP contribution in [0.1, 0.15) is 5.56 Å². The number of anilines is 1. The standard InChI is InChI=1S/C18H23N5O2.ClH/c1-3-15(17-16(4-1)24-14-25-17)13-19-7-8-22-9-11-23(12-10-22)18-20-5-2-6-21-18;/h1-6,19H,7-14H2;1H. The maximum Gasteiger partial charge on any atom is 0.231 e. The molecule has 0 spiro atoms. The van der Waals surface area contributed by atoms with E-state index in [2.05, 4.69) is 31.2 Å². The lowest BCUT2D eigenvalue weighted by Gasteiger charge is -2.34. The Bertz CT molecular complexity index is 695. The van der Waals surface area contributed by atoms with Gasteiger partial charge >= 0.3 is 0 Å². The maximum atomic E-state index is 5.54. The quantitative estimate of drug-likeness (QED) is 0.766. The Kier molecular flexibility index (Phi) is 6.49. The molecule has 2 aliphatic rings. The largest absolute Gasteiger partial charge is 0.454 e. The second-order valence-electron chi connectivity index (χ2n) is 6.21. The van der Waals surface area contributed by atoms with Crippen molar-refractivity contribution in [2.45, 2.75) is 6.54 Å². The van der Waals surface area contributed by atoms with E-state index < -0.39 is 0 Å². The van der Waals surface area contributed by atoms with Crippen molar-refractivity contribution in [3.8, 4) is 11.5 Å². The van der Waals surface area contributed by atoms with Crippen LogP contribution >= 0.6 is 12.4 Å². The second kappa shape index (κ2) is 9.02. The van der Waals surface area contributed by atoms with E-state index in [-0.39, 0.29) is 12.4 Å². The highest BCUT2D eigenvalue weighted by Gasteiger charge is 2.19. The van der Waals surface area contributed by atoms with E-state index in [0.29, 0.717) is 6.79 Å². The number of halogens is 1. The molecular weight excluding hydrogens is 354 g/mol. The summed E-state index contributed by atoms with van der Waals surface area (Å²) in [6.45, 7) is 7.13. The summed E-state index contributed by atoms with van der Waals surface area (Å²) in [5.41, 5.74) is 1.15. The normalized spacial score (nSPS) is 16.4. The molecule has 3 heterocycles. The van der Waals surface area contributed by atoms with Gasteiger partial charge in [-0.3, -0.25) is 4.90 Å². The van der Waals surface area contributed by atoms with Gasteiger partial charge in [0.2, 0.25) is 12.7 Å². The van der Waals surface area contributed by atoms with Crippen LogP contribution in [0.5, 0.6) is 11.5 Å². The molecule has 0 saturated carbocycles. The van der Waals surface area contributed by atoms with E-state index in [1.807, 2.05) is 18.2 Å². The number of benzene rings is 1. The van der Waals surface area contributed by atoms with Gasteiger partial charge in [-0.15, -0.1) is 12.4 Å².